The molecule has 0 radical (unpaired) electrons. The first-order chi connectivity index (χ1) is 8.41. The molecule has 0 heterocycles. The Morgan fingerprint density at radius 1 is 1.39 bits per heavy atom. The standard InChI is InChI=1S/C15H19ClN2/c1-10-7-15(2,3)8-14(10)18-13-6-11(9-17)4-5-12(13)16/h4-6,10,14,18H,7-8H2,1-3H3. The van der Waals surface area contributed by atoms with Crippen molar-refractivity contribution in [1.29, 1.82) is 5.26 Å². The Hall–Kier alpha value is -1.20. The van der Waals surface area contributed by atoms with Crippen molar-refractivity contribution in [1.82, 2.24) is 0 Å². The van der Waals surface area contributed by atoms with Gasteiger partial charge in [-0.1, -0.05) is 32.4 Å². The molecule has 18 heavy (non-hydrogen) atoms. The van der Waals surface area contributed by atoms with Crippen molar-refractivity contribution in [2.24, 2.45) is 11.3 Å². The van der Waals surface area contributed by atoms with Gasteiger partial charge in [-0.3, -0.25) is 0 Å². The van der Waals surface area contributed by atoms with Gasteiger partial charge in [0.2, 0.25) is 0 Å². The Morgan fingerprint density at radius 2 is 2.11 bits per heavy atom. The van der Waals surface area contributed by atoms with E-state index in [0.717, 1.165) is 12.1 Å². The lowest BCUT2D eigenvalue weighted by atomic mass is 9.91. The summed E-state index contributed by atoms with van der Waals surface area (Å²) in [5.74, 6) is 0.627. The van der Waals surface area contributed by atoms with E-state index in [1.807, 2.05) is 6.07 Å². The molecule has 2 atom stereocenters. The lowest BCUT2D eigenvalue weighted by Gasteiger charge is -2.20. The maximum Gasteiger partial charge on any atom is 0.0992 e. The summed E-state index contributed by atoms with van der Waals surface area (Å²) >= 11 is 6.18. The monoisotopic (exact) mass is 262 g/mol. The third kappa shape index (κ3) is 2.79. The van der Waals surface area contributed by atoms with Crippen LogP contribution in [0.15, 0.2) is 18.2 Å². The van der Waals surface area contributed by atoms with E-state index in [4.69, 9.17) is 16.9 Å². The van der Waals surface area contributed by atoms with Crippen LogP contribution in [0.1, 0.15) is 39.2 Å². The van der Waals surface area contributed by atoms with E-state index in [2.05, 4.69) is 32.2 Å². The van der Waals surface area contributed by atoms with Crippen molar-refractivity contribution < 1.29 is 0 Å². The number of benzene rings is 1. The summed E-state index contributed by atoms with van der Waals surface area (Å²) in [5, 5.41) is 13.1. The molecule has 1 fully saturated rings. The highest BCUT2D eigenvalue weighted by Crippen LogP contribution is 2.42. The summed E-state index contributed by atoms with van der Waals surface area (Å²) in [4.78, 5) is 0. The molecule has 1 aromatic rings. The Morgan fingerprint density at radius 3 is 2.67 bits per heavy atom. The summed E-state index contributed by atoms with van der Waals surface area (Å²) in [7, 11) is 0. The summed E-state index contributed by atoms with van der Waals surface area (Å²) in [6.07, 6.45) is 2.36. The first-order valence-corrected chi connectivity index (χ1v) is 6.75. The molecule has 2 rings (SSSR count). The predicted molar refractivity (Wildman–Crippen MR) is 75.8 cm³/mol. The van der Waals surface area contributed by atoms with Crippen LogP contribution >= 0.6 is 11.6 Å². The predicted octanol–water partition coefficient (Wildman–Crippen LogP) is 4.45. The van der Waals surface area contributed by atoms with Crippen LogP contribution in [0, 0.1) is 22.7 Å². The van der Waals surface area contributed by atoms with Crippen molar-refractivity contribution in [2.75, 3.05) is 5.32 Å². The van der Waals surface area contributed by atoms with Gasteiger partial charge in [-0.05, 0) is 42.4 Å². The molecule has 0 bridgehead atoms. The van der Waals surface area contributed by atoms with Gasteiger partial charge in [0.1, 0.15) is 0 Å². The van der Waals surface area contributed by atoms with Crippen LogP contribution < -0.4 is 5.32 Å². The molecule has 0 aliphatic heterocycles. The summed E-state index contributed by atoms with van der Waals surface area (Å²) in [6.45, 7) is 6.88. The molecule has 2 nitrogen and oxygen atoms in total. The van der Waals surface area contributed by atoms with Crippen LogP contribution in [0.2, 0.25) is 5.02 Å². The Balaban J connectivity index is 2.17. The first kappa shape index (κ1) is 13.2. The zero-order chi connectivity index (χ0) is 13.3. The van der Waals surface area contributed by atoms with Gasteiger partial charge >= 0.3 is 0 Å². The lowest BCUT2D eigenvalue weighted by molar-refractivity contribution is 0.366. The number of nitriles is 1. The molecule has 0 aromatic heterocycles. The molecule has 1 aromatic carbocycles. The fourth-order valence-electron chi connectivity index (χ4n) is 2.99. The van der Waals surface area contributed by atoms with E-state index in [1.165, 1.54) is 6.42 Å². The molecule has 0 amide bonds. The third-order valence-corrected chi connectivity index (χ3v) is 4.10. The number of hydrogen-bond donors (Lipinski definition) is 1. The average Bonchev–Trinajstić information content (AvgIpc) is 2.55. The molecule has 1 N–H and O–H groups in total. The SMILES string of the molecule is CC1CC(C)(C)CC1Nc1cc(C#N)ccc1Cl. The molecular weight excluding hydrogens is 244 g/mol. The van der Waals surface area contributed by atoms with E-state index in [-0.39, 0.29) is 0 Å². The number of nitrogens with zero attached hydrogens (tertiary/aromatic N) is 1. The Kier molecular flexibility index (Phi) is 3.54. The zero-order valence-electron chi connectivity index (χ0n) is 11.1. The van der Waals surface area contributed by atoms with Crippen LogP contribution in [0.4, 0.5) is 5.69 Å². The normalized spacial score (nSPS) is 25.7. The van der Waals surface area contributed by atoms with Gasteiger partial charge in [0.25, 0.3) is 0 Å². The Bertz CT molecular complexity index is 488. The smallest absolute Gasteiger partial charge is 0.0992 e. The fraction of sp³-hybridized carbons (Fsp3) is 0.533. The zero-order valence-corrected chi connectivity index (χ0v) is 11.9. The third-order valence-electron chi connectivity index (χ3n) is 3.77. The number of rotatable bonds is 2. The van der Waals surface area contributed by atoms with Gasteiger partial charge in [-0.15, -0.1) is 0 Å². The van der Waals surface area contributed by atoms with Crippen molar-refractivity contribution in [3.63, 3.8) is 0 Å². The minimum Gasteiger partial charge on any atom is -0.381 e. The second-order valence-electron chi connectivity index (χ2n) is 6.11. The number of hydrogen-bond acceptors (Lipinski definition) is 2. The van der Waals surface area contributed by atoms with Crippen molar-refractivity contribution in [3.05, 3.63) is 28.8 Å². The van der Waals surface area contributed by atoms with Crippen molar-refractivity contribution in [3.8, 4) is 6.07 Å². The van der Waals surface area contributed by atoms with Gasteiger partial charge in [-0.2, -0.15) is 5.26 Å². The second-order valence-corrected chi connectivity index (χ2v) is 6.51. The van der Waals surface area contributed by atoms with E-state index < -0.39 is 0 Å². The topological polar surface area (TPSA) is 35.8 Å². The van der Waals surface area contributed by atoms with Gasteiger partial charge in [0, 0.05) is 6.04 Å². The molecule has 1 aliphatic carbocycles. The average molecular weight is 263 g/mol. The maximum absolute atomic E-state index is 8.93. The van der Waals surface area contributed by atoms with Crippen LogP contribution in [0.25, 0.3) is 0 Å². The van der Waals surface area contributed by atoms with Crippen molar-refractivity contribution in [2.45, 2.75) is 39.7 Å². The van der Waals surface area contributed by atoms with Crippen LogP contribution in [-0.4, -0.2) is 6.04 Å². The van der Waals surface area contributed by atoms with E-state index >= 15 is 0 Å². The van der Waals surface area contributed by atoms with Gasteiger partial charge in [-0.25, -0.2) is 0 Å². The van der Waals surface area contributed by atoms with Gasteiger partial charge < -0.3 is 5.32 Å². The molecule has 1 saturated carbocycles. The highest BCUT2D eigenvalue weighted by atomic mass is 35.5. The van der Waals surface area contributed by atoms with Gasteiger partial charge in [0.05, 0.1) is 22.3 Å². The number of halogens is 1. The first-order valence-electron chi connectivity index (χ1n) is 6.37. The lowest BCUT2D eigenvalue weighted by Crippen LogP contribution is -2.22. The summed E-state index contributed by atoms with van der Waals surface area (Å²) in [5.41, 5.74) is 1.91. The minimum absolute atomic E-state index is 0.385. The molecule has 1 aliphatic rings. The van der Waals surface area contributed by atoms with Crippen molar-refractivity contribution >= 4 is 17.3 Å². The molecule has 2 unspecified atom stereocenters. The van der Waals surface area contributed by atoms with Gasteiger partial charge in [0.15, 0.2) is 0 Å². The largest absolute Gasteiger partial charge is 0.381 e. The van der Waals surface area contributed by atoms with Crippen LogP contribution in [0.5, 0.6) is 0 Å². The van der Waals surface area contributed by atoms with Crippen LogP contribution in [0.3, 0.4) is 0 Å². The minimum atomic E-state index is 0.385. The van der Waals surface area contributed by atoms with E-state index in [0.29, 0.717) is 28.0 Å². The number of nitrogens with one attached hydrogen (secondary N) is 1. The van der Waals surface area contributed by atoms with Crippen LogP contribution in [-0.2, 0) is 0 Å². The highest BCUT2D eigenvalue weighted by molar-refractivity contribution is 6.33. The molecule has 3 heteroatoms. The molecular formula is C15H19ClN2. The molecule has 96 valence electrons. The molecule has 0 saturated heterocycles. The maximum atomic E-state index is 8.93. The van der Waals surface area contributed by atoms with E-state index in [1.54, 1.807) is 12.1 Å². The Labute approximate surface area is 114 Å². The second kappa shape index (κ2) is 4.82. The van der Waals surface area contributed by atoms with E-state index in [9.17, 15) is 0 Å². The summed E-state index contributed by atoms with van der Waals surface area (Å²) in [6, 6.07) is 7.95. The quantitative estimate of drug-likeness (QED) is 0.855. The summed E-state index contributed by atoms with van der Waals surface area (Å²) < 4.78 is 0. The highest BCUT2D eigenvalue weighted by Gasteiger charge is 2.36. The molecule has 0 spiro atoms. The fourth-order valence-corrected chi connectivity index (χ4v) is 3.16. The number of anilines is 1.